The summed E-state index contributed by atoms with van der Waals surface area (Å²) in [5.74, 6) is -1.58. The Morgan fingerprint density at radius 2 is 1.93 bits per heavy atom. The lowest BCUT2D eigenvalue weighted by molar-refractivity contribution is -0.105. The van der Waals surface area contributed by atoms with Gasteiger partial charge in [-0.3, -0.25) is 0 Å². The first-order chi connectivity index (χ1) is 6.38. The Bertz CT molecular complexity index is 324. The van der Waals surface area contributed by atoms with Crippen LogP contribution in [0.3, 0.4) is 0 Å². The molecule has 0 aromatic heterocycles. The predicted molar refractivity (Wildman–Crippen MR) is 47.6 cm³/mol. The zero-order valence-electron chi connectivity index (χ0n) is 6.94. The van der Waals surface area contributed by atoms with Gasteiger partial charge < -0.3 is 5.73 Å². The molecule has 0 amide bonds. The Morgan fingerprint density at radius 3 is 2.43 bits per heavy atom. The molecule has 14 heavy (non-hydrogen) atoms. The molecule has 0 spiro atoms. The average Bonchev–Trinajstić information content (AvgIpc) is 2.00. The Kier molecular flexibility index (Phi) is 3.25. The molecule has 6 heteroatoms. The van der Waals surface area contributed by atoms with Crippen LogP contribution in [0.5, 0.6) is 0 Å². The van der Waals surface area contributed by atoms with Gasteiger partial charge in [-0.2, -0.15) is 13.2 Å². The zero-order valence-corrected chi connectivity index (χ0v) is 7.75. The molecule has 1 aromatic carbocycles. The molecule has 0 aliphatic heterocycles. The van der Waals surface area contributed by atoms with Crippen LogP contribution in [0, 0.1) is 5.82 Å². The Hall–Kier alpha value is -0.910. The second-order valence-electron chi connectivity index (χ2n) is 2.59. The number of hydrogen-bond acceptors (Lipinski definition) is 2. The van der Waals surface area contributed by atoms with Crippen molar-refractivity contribution in [1.82, 2.24) is 0 Å². The van der Waals surface area contributed by atoms with E-state index in [4.69, 9.17) is 5.73 Å². The number of rotatable bonds is 2. The molecule has 0 fully saturated rings. The van der Waals surface area contributed by atoms with Crippen molar-refractivity contribution in [3.05, 3.63) is 24.0 Å². The Balaban J connectivity index is 2.68. The number of anilines is 1. The molecule has 0 saturated carbocycles. The molecule has 1 rings (SSSR count). The SMILES string of the molecule is Nc1cc(F)ccc1SCC(F)(F)F. The lowest BCUT2D eigenvalue weighted by Gasteiger charge is -2.07. The summed E-state index contributed by atoms with van der Waals surface area (Å²) in [4.78, 5) is 0.240. The van der Waals surface area contributed by atoms with E-state index in [1.807, 2.05) is 0 Å². The van der Waals surface area contributed by atoms with Crippen molar-refractivity contribution in [3.63, 3.8) is 0 Å². The summed E-state index contributed by atoms with van der Waals surface area (Å²) in [6, 6.07) is 3.31. The van der Waals surface area contributed by atoms with Gasteiger partial charge in [-0.05, 0) is 18.2 Å². The minimum Gasteiger partial charge on any atom is -0.398 e. The first-order valence-electron chi connectivity index (χ1n) is 3.63. The number of nitrogen functional groups attached to an aromatic ring is 1. The van der Waals surface area contributed by atoms with Crippen LogP contribution in [-0.4, -0.2) is 11.9 Å². The number of hydrogen-bond donors (Lipinski definition) is 1. The van der Waals surface area contributed by atoms with E-state index >= 15 is 0 Å². The molecule has 0 aliphatic carbocycles. The minimum absolute atomic E-state index is 0.0271. The van der Waals surface area contributed by atoms with Gasteiger partial charge in [-0.25, -0.2) is 4.39 Å². The second-order valence-corrected chi connectivity index (χ2v) is 3.60. The molecule has 0 unspecified atom stereocenters. The summed E-state index contributed by atoms with van der Waals surface area (Å²) in [6.07, 6.45) is -4.24. The number of benzene rings is 1. The molecule has 0 saturated heterocycles. The van der Waals surface area contributed by atoms with Gasteiger partial charge in [0.05, 0.1) is 5.75 Å². The second kappa shape index (κ2) is 4.08. The van der Waals surface area contributed by atoms with Gasteiger partial charge in [0, 0.05) is 10.6 Å². The molecule has 1 nitrogen and oxygen atoms in total. The predicted octanol–water partition coefficient (Wildman–Crippen LogP) is 3.06. The van der Waals surface area contributed by atoms with Gasteiger partial charge in [0.25, 0.3) is 0 Å². The van der Waals surface area contributed by atoms with Crippen LogP contribution >= 0.6 is 11.8 Å². The van der Waals surface area contributed by atoms with Gasteiger partial charge in [-0.1, -0.05) is 0 Å². The molecule has 0 bridgehead atoms. The van der Waals surface area contributed by atoms with Gasteiger partial charge in [0.2, 0.25) is 0 Å². The van der Waals surface area contributed by atoms with Crippen LogP contribution in [0.25, 0.3) is 0 Å². The highest BCUT2D eigenvalue weighted by molar-refractivity contribution is 7.99. The molecule has 0 atom stereocenters. The number of halogens is 4. The molecule has 2 N–H and O–H groups in total. The van der Waals surface area contributed by atoms with Crippen molar-refractivity contribution >= 4 is 17.4 Å². The summed E-state index contributed by atoms with van der Waals surface area (Å²) in [5, 5.41) is 0. The topological polar surface area (TPSA) is 26.0 Å². The first-order valence-corrected chi connectivity index (χ1v) is 4.61. The quantitative estimate of drug-likeness (QED) is 0.475. The fraction of sp³-hybridized carbons (Fsp3) is 0.250. The smallest absolute Gasteiger partial charge is 0.398 e. The summed E-state index contributed by atoms with van der Waals surface area (Å²) in [7, 11) is 0. The van der Waals surface area contributed by atoms with E-state index in [1.165, 1.54) is 6.07 Å². The fourth-order valence-electron chi connectivity index (χ4n) is 0.810. The van der Waals surface area contributed by atoms with Crippen molar-refractivity contribution in [1.29, 1.82) is 0 Å². The van der Waals surface area contributed by atoms with Crippen molar-refractivity contribution in [2.45, 2.75) is 11.1 Å². The summed E-state index contributed by atoms with van der Waals surface area (Å²) < 4.78 is 48.0. The molecular formula is C8H7F4NS. The number of nitrogens with two attached hydrogens (primary N) is 1. The zero-order chi connectivity index (χ0) is 10.8. The molecule has 0 heterocycles. The van der Waals surface area contributed by atoms with E-state index < -0.39 is 17.7 Å². The third-order valence-corrected chi connectivity index (χ3v) is 2.52. The van der Waals surface area contributed by atoms with Crippen LogP contribution in [0.4, 0.5) is 23.2 Å². The van der Waals surface area contributed by atoms with E-state index in [0.717, 1.165) is 12.1 Å². The van der Waals surface area contributed by atoms with E-state index in [0.29, 0.717) is 11.8 Å². The molecule has 78 valence electrons. The van der Waals surface area contributed by atoms with Crippen molar-refractivity contribution in [2.75, 3.05) is 11.5 Å². The maximum Gasteiger partial charge on any atom is 0.398 e. The van der Waals surface area contributed by atoms with Crippen molar-refractivity contribution in [3.8, 4) is 0 Å². The van der Waals surface area contributed by atoms with Crippen LogP contribution in [0.1, 0.15) is 0 Å². The van der Waals surface area contributed by atoms with E-state index in [-0.39, 0.29) is 10.6 Å². The summed E-state index contributed by atoms with van der Waals surface area (Å²) >= 11 is 0.546. The van der Waals surface area contributed by atoms with Crippen LogP contribution in [0.2, 0.25) is 0 Å². The highest BCUT2D eigenvalue weighted by Gasteiger charge is 2.27. The molecular weight excluding hydrogens is 218 g/mol. The van der Waals surface area contributed by atoms with E-state index in [2.05, 4.69) is 0 Å². The van der Waals surface area contributed by atoms with Gasteiger partial charge in [0.15, 0.2) is 0 Å². The fourth-order valence-corrected chi connectivity index (χ4v) is 1.52. The number of alkyl halides is 3. The van der Waals surface area contributed by atoms with Crippen molar-refractivity contribution < 1.29 is 17.6 Å². The molecule has 0 aliphatic rings. The third-order valence-electron chi connectivity index (χ3n) is 1.36. The summed E-state index contributed by atoms with van der Waals surface area (Å²) in [6.45, 7) is 0. The standard InChI is InChI=1S/C8H7F4NS/c9-5-1-2-7(6(13)3-5)14-4-8(10,11)12/h1-3H,4,13H2. The monoisotopic (exact) mass is 225 g/mol. The van der Waals surface area contributed by atoms with Gasteiger partial charge >= 0.3 is 6.18 Å². The lowest BCUT2D eigenvalue weighted by Crippen LogP contribution is -2.10. The lowest BCUT2D eigenvalue weighted by atomic mass is 10.3. The first kappa shape index (κ1) is 11.2. The maximum atomic E-state index is 12.5. The molecule has 1 aromatic rings. The van der Waals surface area contributed by atoms with Crippen molar-refractivity contribution in [2.24, 2.45) is 0 Å². The van der Waals surface area contributed by atoms with Crippen LogP contribution in [-0.2, 0) is 0 Å². The van der Waals surface area contributed by atoms with E-state index in [9.17, 15) is 17.6 Å². The van der Waals surface area contributed by atoms with Crippen LogP contribution < -0.4 is 5.73 Å². The summed E-state index contributed by atoms with van der Waals surface area (Å²) in [5.41, 5.74) is 5.35. The van der Waals surface area contributed by atoms with Crippen LogP contribution in [0.15, 0.2) is 23.1 Å². The Labute approximate surface area is 82.3 Å². The third kappa shape index (κ3) is 3.45. The molecule has 0 radical (unpaired) electrons. The Morgan fingerprint density at radius 1 is 1.29 bits per heavy atom. The highest BCUT2D eigenvalue weighted by Crippen LogP contribution is 2.30. The van der Waals surface area contributed by atoms with Gasteiger partial charge in [0.1, 0.15) is 5.82 Å². The van der Waals surface area contributed by atoms with Gasteiger partial charge in [-0.15, -0.1) is 11.8 Å². The maximum absolute atomic E-state index is 12.5. The average molecular weight is 225 g/mol. The largest absolute Gasteiger partial charge is 0.398 e. The number of thioether (sulfide) groups is 1. The van der Waals surface area contributed by atoms with E-state index in [1.54, 1.807) is 0 Å². The normalized spacial score (nSPS) is 11.7. The highest BCUT2D eigenvalue weighted by atomic mass is 32.2. The minimum atomic E-state index is -4.24.